The van der Waals surface area contributed by atoms with Gasteiger partial charge in [0.1, 0.15) is 5.82 Å². The third-order valence-electron chi connectivity index (χ3n) is 2.20. The molecule has 0 saturated heterocycles. The Morgan fingerprint density at radius 2 is 2.17 bits per heavy atom. The van der Waals surface area contributed by atoms with Crippen LogP contribution in [0.25, 0.3) is 0 Å². The van der Waals surface area contributed by atoms with Gasteiger partial charge in [0.15, 0.2) is 0 Å². The van der Waals surface area contributed by atoms with Gasteiger partial charge in [-0.15, -0.1) is 0 Å². The van der Waals surface area contributed by atoms with E-state index in [2.05, 4.69) is 0 Å². The van der Waals surface area contributed by atoms with Crippen LogP contribution in [0.2, 0.25) is 5.02 Å². The molecule has 1 nitrogen and oxygen atoms in total. The molecule has 1 aromatic carbocycles. The van der Waals surface area contributed by atoms with Crippen molar-refractivity contribution < 1.29 is 4.39 Å². The molecule has 0 unspecified atom stereocenters. The third kappa shape index (κ3) is 1.32. The highest BCUT2D eigenvalue weighted by Crippen LogP contribution is 2.42. The maximum Gasteiger partial charge on any atom is 0.124 e. The van der Waals surface area contributed by atoms with Gasteiger partial charge >= 0.3 is 0 Å². The lowest BCUT2D eigenvalue weighted by Gasteiger charge is -2.01. The van der Waals surface area contributed by atoms with Crippen LogP contribution in [0, 0.1) is 5.82 Å². The van der Waals surface area contributed by atoms with Crippen LogP contribution in [0.3, 0.4) is 0 Å². The summed E-state index contributed by atoms with van der Waals surface area (Å²) < 4.78 is 12.6. The number of hydrogen-bond acceptors (Lipinski definition) is 1. The lowest BCUT2D eigenvalue weighted by molar-refractivity contribution is 0.627. The van der Waals surface area contributed by atoms with Crippen LogP contribution in [0.4, 0.5) is 4.39 Å². The van der Waals surface area contributed by atoms with Gasteiger partial charge in [-0.3, -0.25) is 0 Å². The SMILES string of the molecule is N[C@@H]1C[C@H]1c1ccc(F)cc1Cl. The second-order valence-electron chi connectivity index (χ2n) is 3.17. The van der Waals surface area contributed by atoms with E-state index in [0.717, 1.165) is 12.0 Å². The average Bonchev–Trinajstić information content (AvgIpc) is 2.66. The number of nitrogens with two attached hydrogens (primary N) is 1. The van der Waals surface area contributed by atoms with Gasteiger partial charge in [-0.25, -0.2) is 4.39 Å². The molecule has 1 aliphatic rings. The molecule has 0 aromatic heterocycles. The molecular weight excluding hydrogens is 177 g/mol. The monoisotopic (exact) mass is 185 g/mol. The Balaban J connectivity index is 2.33. The van der Waals surface area contributed by atoms with Gasteiger partial charge in [0.25, 0.3) is 0 Å². The predicted molar refractivity (Wildman–Crippen MR) is 46.7 cm³/mol. The first-order valence-corrected chi connectivity index (χ1v) is 4.27. The highest BCUT2D eigenvalue weighted by molar-refractivity contribution is 6.31. The lowest BCUT2D eigenvalue weighted by atomic mass is 10.1. The zero-order valence-electron chi connectivity index (χ0n) is 6.43. The van der Waals surface area contributed by atoms with E-state index in [1.165, 1.54) is 12.1 Å². The molecule has 3 heteroatoms. The molecule has 1 aromatic rings. The van der Waals surface area contributed by atoms with E-state index in [9.17, 15) is 4.39 Å². The van der Waals surface area contributed by atoms with E-state index < -0.39 is 0 Å². The van der Waals surface area contributed by atoms with Gasteiger partial charge < -0.3 is 5.73 Å². The predicted octanol–water partition coefficient (Wildman–Crippen LogP) is 2.29. The van der Waals surface area contributed by atoms with Gasteiger partial charge in [-0.05, 0) is 24.1 Å². The van der Waals surface area contributed by atoms with Crippen molar-refractivity contribution in [2.75, 3.05) is 0 Å². The Bertz CT molecular complexity index is 313. The molecule has 2 atom stereocenters. The zero-order chi connectivity index (χ0) is 8.72. The minimum Gasteiger partial charge on any atom is -0.327 e. The first-order valence-electron chi connectivity index (χ1n) is 3.89. The van der Waals surface area contributed by atoms with Crippen LogP contribution >= 0.6 is 11.6 Å². The van der Waals surface area contributed by atoms with Crippen molar-refractivity contribution in [1.82, 2.24) is 0 Å². The molecule has 0 aliphatic heterocycles. The molecule has 2 rings (SSSR count). The number of benzene rings is 1. The zero-order valence-corrected chi connectivity index (χ0v) is 7.18. The largest absolute Gasteiger partial charge is 0.327 e. The van der Waals surface area contributed by atoms with Gasteiger partial charge in [0, 0.05) is 17.0 Å². The maximum absolute atomic E-state index is 12.6. The molecule has 1 saturated carbocycles. The number of rotatable bonds is 1. The summed E-state index contributed by atoms with van der Waals surface area (Å²) in [5, 5.41) is 0.493. The lowest BCUT2D eigenvalue weighted by Crippen LogP contribution is -2.01. The molecule has 0 heterocycles. The van der Waals surface area contributed by atoms with E-state index in [4.69, 9.17) is 17.3 Å². The Kier molecular flexibility index (Phi) is 1.81. The molecule has 1 fully saturated rings. The highest BCUT2D eigenvalue weighted by atomic mass is 35.5. The molecule has 2 N–H and O–H groups in total. The minimum atomic E-state index is -0.294. The molecule has 0 amide bonds. The summed E-state index contributed by atoms with van der Waals surface area (Å²) in [6, 6.07) is 4.69. The highest BCUT2D eigenvalue weighted by Gasteiger charge is 2.36. The van der Waals surface area contributed by atoms with E-state index >= 15 is 0 Å². The molecule has 0 bridgehead atoms. The molecular formula is C9H9ClFN. The van der Waals surface area contributed by atoms with Crippen molar-refractivity contribution in [2.24, 2.45) is 5.73 Å². The summed E-state index contributed by atoms with van der Waals surface area (Å²) in [4.78, 5) is 0. The van der Waals surface area contributed by atoms with E-state index in [1.807, 2.05) is 0 Å². The Morgan fingerprint density at radius 1 is 1.50 bits per heavy atom. The molecule has 0 radical (unpaired) electrons. The van der Waals surface area contributed by atoms with Crippen LogP contribution in [0.15, 0.2) is 18.2 Å². The Labute approximate surface area is 75.3 Å². The first kappa shape index (κ1) is 8.02. The second kappa shape index (κ2) is 2.71. The smallest absolute Gasteiger partial charge is 0.124 e. The van der Waals surface area contributed by atoms with Crippen LogP contribution in [0.1, 0.15) is 17.9 Å². The van der Waals surface area contributed by atoms with Crippen molar-refractivity contribution >= 4 is 11.6 Å². The van der Waals surface area contributed by atoms with Crippen LogP contribution in [0.5, 0.6) is 0 Å². The van der Waals surface area contributed by atoms with Crippen molar-refractivity contribution in [3.8, 4) is 0 Å². The van der Waals surface area contributed by atoms with Crippen LogP contribution in [-0.4, -0.2) is 6.04 Å². The van der Waals surface area contributed by atoms with Crippen molar-refractivity contribution in [1.29, 1.82) is 0 Å². The minimum absolute atomic E-state index is 0.216. The van der Waals surface area contributed by atoms with Gasteiger partial charge in [0.05, 0.1) is 0 Å². The second-order valence-corrected chi connectivity index (χ2v) is 3.58. The quantitative estimate of drug-likeness (QED) is 0.714. The molecule has 64 valence electrons. The van der Waals surface area contributed by atoms with Gasteiger partial charge in [0.2, 0.25) is 0 Å². The Morgan fingerprint density at radius 3 is 2.67 bits per heavy atom. The first-order chi connectivity index (χ1) is 5.68. The fourth-order valence-electron chi connectivity index (χ4n) is 1.37. The van der Waals surface area contributed by atoms with Crippen molar-refractivity contribution in [3.63, 3.8) is 0 Å². The van der Waals surface area contributed by atoms with Crippen LogP contribution < -0.4 is 5.73 Å². The normalized spacial score (nSPS) is 27.2. The summed E-state index contributed by atoms with van der Waals surface area (Å²) in [6.45, 7) is 0. The molecule has 12 heavy (non-hydrogen) atoms. The maximum atomic E-state index is 12.6. The molecule has 1 aliphatic carbocycles. The van der Waals surface area contributed by atoms with Crippen molar-refractivity contribution in [3.05, 3.63) is 34.6 Å². The standard InChI is InChI=1S/C9H9ClFN/c10-8-3-5(11)1-2-6(8)7-4-9(7)12/h1-3,7,9H,4,12H2/t7-,9+/m0/s1. The topological polar surface area (TPSA) is 26.0 Å². The third-order valence-corrected chi connectivity index (χ3v) is 2.53. The fourth-order valence-corrected chi connectivity index (χ4v) is 1.68. The van der Waals surface area contributed by atoms with Crippen molar-refractivity contribution in [2.45, 2.75) is 18.4 Å². The number of halogens is 2. The summed E-state index contributed by atoms with van der Waals surface area (Å²) >= 11 is 5.83. The Hall–Kier alpha value is -0.600. The average molecular weight is 186 g/mol. The summed E-state index contributed by atoms with van der Waals surface area (Å²) in [5.74, 6) is 0.0519. The summed E-state index contributed by atoms with van der Waals surface area (Å²) in [5.41, 5.74) is 6.63. The van der Waals surface area contributed by atoms with Gasteiger partial charge in [-0.1, -0.05) is 17.7 Å². The summed E-state index contributed by atoms with van der Waals surface area (Å²) in [6.07, 6.45) is 0.964. The fraction of sp³-hybridized carbons (Fsp3) is 0.333. The van der Waals surface area contributed by atoms with E-state index in [1.54, 1.807) is 6.07 Å². The van der Waals surface area contributed by atoms with Gasteiger partial charge in [-0.2, -0.15) is 0 Å². The molecule has 0 spiro atoms. The van der Waals surface area contributed by atoms with Crippen LogP contribution in [-0.2, 0) is 0 Å². The van der Waals surface area contributed by atoms with E-state index in [-0.39, 0.29) is 11.9 Å². The number of hydrogen-bond donors (Lipinski definition) is 1. The summed E-state index contributed by atoms with van der Waals surface area (Å²) in [7, 11) is 0. The van der Waals surface area contributed by atoms with E-state index in [0.29, 0.717) is 10.9 Å².